The minimum Gasteiger partial charge on any atom is -0.545 e. The number of hydrogen-bond donors (Lipinski definition) is 2. The molecule has 0 saturated carbocycles. The van der Waals surface area contributed by atoms with Gasteiger partial charge in [0.15, 0.2) is 6.10 Å². The number of carbonyl (C=O) groups is 3. The number of hydrogen-bond acceptors (Lipinski definition) is 6. The third kappa shape index (κ3) is 9.43. The Morgan fingerprint density at radius 1 is 1.15 bits per heavy atom. The van der Waals surface area contributed by atoms with E-state index in [1.54, 1.807) is 29.2 Å². The first-order valence-electron chi connectivity index (χ1n) is 11.4. The number of carboxylic acids is 2. The van der Waals surface area contributed by atoms with Crippen LogP contribution in [0.25, 0.3) is 0 Å². The summed E-state index contributed by atoms with van der Waals surface area (Å²) < 4.78 is 11.5. The minimum absolute atomic E-state index is 0.250. The number of nitrogens with one attached hydrogen (secondary N) is 1. The van der Waals surface area contributed by atoms with Crippen LogP contribution in [0.5, 0.6) is 5.75 Å². The van der Waals surface area contributed by atoms with E-state index in [-0.39, 0.29) is 5.97 Å². The molecule has 2 aliphatic rings. The molecule has 0 bridgehead atoms. The molecule has 182 valence electrons. The molecule has 33 heavy (non-hydrogen) atoms. The Bertz CT molecular complexity index is 794. The second-order valence-electron chi connectivity index (χ2n) is 8.25. The van der Waals surface area contributed by atoms with E-state index in [0.29, 0.717) is 47.9 Å². The zero-order chi connectivity index (χ0) is 24.2. The first kappa shape index (κ1) is 26.7. The van der Waals surface area contributed by atoms with E-state index >= 15 is 0 Å². The largest absolute Gasteiger partial charge is 0.545 e. The number of ether oxygens (including phenoxy) is 2. The molecule has 2 saturated heterocycles. The molecule has 3 rings (SSSR count). The summed E-state index contributed by atoms with van der Waals surface area (Å²) in [5.41, 5.74) is 0. The Balaban J connectivity index is 0.000000414. The van der Waals surface area contributed by atoms with Crippen molar-refractivity contribution in [2.75, 3.05) is 19.7 Å². The van der Waals surface area contributed by atoms with Gasteiger partial charge in [0.05, 0.1) is 31.7 Å². The lowest BCUT2D eigenvalue weighted by molar-refractivity contribution is -0.940. The summed E-state index contributed by atoms with van der Waals surface area (Å²) in [5, 5.41) is 17.9. The van der Waals surface area contributed by atoms with Gasteiger partial charge in [0.25, 0.3) is 0 Å². The van der Waals surface area contributed by atoms with Crippen molar-refractivity contribution < 1.29 is 39.0 Å². The Hall–Kier alpha value is -2.58. The Kier molecular flexibility index (Phi) is 11.2. The second kappa shape index (κ2) is 13.9. The van der Waals surface area contributed by atoms with E-state index < -0.39 is 18.0 Å². The summed E-state index contributed by atoms with van der Waals surface area (Å²) in [6, 6.07) is 7.76. The summed E-state index contributed by atoms with van der Waals surface area (Å²) in [6.07, 6.45) is 7.32. The number of rotatable bonds is 8. The van der Waals surface area contributed by atoms with Gasteiger partial charge in [-0.2, -0.15) is 0 Å². The molecule has 1 aromatic rings. The topological polar surface area (TPSA) is 117 Å². The Morgan fingerprint density at radius 2 is 1.85 bits per heavy atom. The average Bonchev–Trinajstić information content (AvgIpc) is 2.81. The number of halogens is 1. The second-order valence-corrected chi connectivity index (χ2v) is 8.69. The molecule has 2 unspecified atom stereocenters. The number of esters is 1. The van der Waals surface area contributed by atoms with Gasteiger partial charge in [-0.25, -0.2) is 9.59 Å². The minimum atomic E-state index is -1.51. The van der Waals surface area contributed by atoms with Gasteiger partial charge in [0, 0.05) is 17.0 Å². The van der Waals surface area contributed by atoms with Gasteiger partial charge in [-0.3, -0.25) is 0 Å². The van der Waals surface area contributed by atoms with Gasteiger partial charge in [0.2, 0.25) is 0 Å². The van der Waals surface area contributed by atoms with E-state index in [1.807, 2.05) is 6.92 Å². The molecular weight excluding hydrogens is 450 g/mol. The number of carboxylic acid groups (broad SMARTS) is 2. The van der Waals surface area contributed by atoms with Crippen LogP contribution in [-0.4, -0.2) is 54.9 Å². The number of piperidine rings is 2. The molecule has 1 aromatic carbocycles. The zero-order valence-electron chi connectivity index (χ0n) is 18.8. The lowest BCUT2D eigenvalue weighted by atomic mass is 9.84. The number of carbonyl (C=O) groups excluding carboxylic acids is 2. The van der Waals surface area contributed by atoms with Gasteiger partial charge in [-0.15, -0.1) is 0 Å². The maximum absolute atomic E-state index is 12.5. The number of aliphatic carboxylic acids is 2. The smallest absolute Gasteiger partial charge is 0.347 e. The molecule has 4 atom stereocenters. The molecule has 0 amide bonds. The molecular formula is C24H32ClNO7. The van der Waals surface area contributed by atoms with E-state index in [1.165, 1.54) is 45.2 Å². The van der Waals surface area contributed by atoms with E-state index in [9.17, 15) is 19.5 Å². The van der Waals surface area contributed by atoms with Crippen molar-refractivity contribution >= 4 is 29.5 Å². The van der Waals surface area contributed by atoms with Gasteiger partial charge in [-0.05, 0) is 68.9 Å². The van der Waals surface area contributed by atoms with Gasteiger partial charge >= 0.3 is 11.9 Å². The molecule has 0 spiro atoms. The van der Waals surface area contributed by atoms with Crippen LogP contribution in [-0.2, 0) is 19.1 Å². The Labute approximate surface area is 199 Å². The summed E-state index contributed by atoms with van der Waals surface area (Å²) >= 11 is 5.89. The molecule has 0 radical (unpaired) electrons. The lowest BCUT2D eigenvalue weighted by Gasteiger charge is -2.41. The standard InChI is InChI=1S/C20H28ClNO3.C4H4O4/c1-2-19(25-17-10-8-16(21)9-11-17)20(23)24-14-15-6-5-13-22-12-4-3-7-18(15)22;5-3(6)1-2-4(7)8/h8-11,15,18-19H,2-7,12-14H2,1H3;1-2H,(H,5,6)(H,7,8)/b;2-1-/t15-,18+,19?;/m0./s1. The van der Waals surface area contributed by atoms with Crippen LogP contribution >= 0.6 is 11.6 Å². The van der Waals surface area contributed by atoms with Crippen molar-refractivity contribution in [1.82, 2.24) is 0 Å². The van der Waals surface area contributed by atoms with Crippen LogP contribution in [0.1, 0.15) is 45.4 Å². The number of quaternary nitrogens is 1. The normalized spacial score (nSPS) is 22.9. The zero-order valence-corrected chi connectivity index (χ0v) is 19.6. The van der Waals surface area contributed by atoms with Gasteiger partial charge in [0.1, 0.15) is 5.75 Å². The van der Waals surface area contributed by atoms with Crippen molar-refractivity contribution in [1.29, 1.82) is 0 Å². The molecule has 8 nitrogen and oxygen atoms in total. The molecule has 9 heteroatoms. The summed E-state index contributed by atoms with van der Waals surface area (Å²) in [4.78, 5) is 33.2. The summed E-state index contributed by atoms with van der Waals surface area (Å²) in [5.74, 6) is -1.91. The van der Waals surface area contributed by atoms with E-state index in [2.05, 4.69) is 0 Å². The third-order valence-electron chi connectivity index (χ3n) is 5.96. The van der Waals surface area contributed by atoms with E-state index in [4.69, 9.17) is 26.2 Å². The summed E-state index contributed by atoms with van der Waals surface area (Å²) in [7, 11) is 0. The first-order chi connectivity index (χ1) is 15.8. The highest BCUT2D eigenvalue weighted by Gasteiger charge is 2.37. The summed E-state index contributed by atoms with van der Waals surface area (Å²) in [6.45, 7) is 5.04. The predicted molar refractivity (Wildman–Crippen MR) is 120 cm³/mol. The predicted octanol–water partition coefficient (Wildman–Crippen LogP) is 1.27. The van der Waals surface area contributed by atoms with Crippen LogP contribution in [0.4, 0.5) is 0 Å². The van der Waals surface area contributed by atoms with Crippen LogP contribution in [0, 0.1) is 5.92 Å². The lowest BCUT2D eigenvalue weighted by Crippen LogP contribution is -3.18. The highest BCUT2D eigenvalue weighted by atomic mass is 35.5. The third-order valence-corrected chi connectivity index (χ3v) is 6.21. The SMILES string of the molecule is CCC(Oc1ccc(Cl)cc1)C(=O)OC[C@@H]1CCC[NH+]2CCCC[C@H]12.O=C([O-])/C=C\C(=O)O. The molecule has 2 fully saturated rings. The first-order valence-corrected chi connectivity index (χ1v) is 11.7. The fourth-order valence-corrected chi connectivity index (χ4v) is 4.50. The van der Waals surface area contributed by atoms with Gasteiger partial charge < -0.3 is 29.4 Å². The highest BCUT2D eigenvalue weighted by molar-refractivity contribution is 6.30. The molecule has 0 aromatic heterocycles. The Morgan fingerprint density at radius 3 is 2.45 bits per heavy atom. The van der Waals surface area contributed by atoms with Crippen LogP contribution in [0.15, 0.2) is 36.4 Å². The van der Waals surface area contributed by atoms with Crippen LogP contribution < -0.4 is 14.7 Å². The quantitative estimate of drug-likeness (QED) is 0.424. The van der Waals surface area contributed by atoms with Gasteiger partial charge in [-0.1, -0.05) is 18.5 Å². The average molecular weight is 482 g/mol. The van der Waals surface area contributed by atoms with Crippen molar-refractivity contribution in [3.05, 3.63) is 41.4 Å². The van der Waals surface area contributed by atoms with Crippen LogP contribution in [0.2, 0.25) is 5.02 Å². The maximum Gasteiger partial charge on any atom is 0.347 e. The number of benzene rings is 1. The fraction of sp³-hybridized carbons (Fsp3) is 0.542. The molecule has 2 aliphatic heterocycles. The fourth-order valence-electron chi connectivity index (χ4n) is 4.37. The van der Waals surface area contributed by atoms with Crippen LogP contribution in [0.3, 0.4) is 0 Å². The van der Waals surface area contributed by atoms with Crippen molar-refractivity contribution in [2.45, 2.75) is 57.6 Å². The molecule has 2 heterocycles. The number of fused-ring (bicyclic) bond motifs is 1. The highest BCUT2D eigenvalue weighted by Crippen LogP contribution is 2.22. The molecule has 0 aliphatic carbocycles. The van der Waals surface area contributed by atoms with Crippen molar-refractivity contribution in [3.8, 4) is 5.75 Å². The van der Waals surface area contributed by atoms with Crippen molar-refractivity contribution in [3.63, 3.8) is 0 Å². The van der Waals surface area contributed by atoms with E-state index in [0.717, 1.165) is 0 Å². The molecule has 2 N–H and O–H groups in total. The van der Waals surface area contributed by atoms with Crippen molar-refractivity contribution in [2.24, 2.45) is 5.92 Å². The maximum atomic E-state index is 12.5. The monoisotopic (exact) mass is 481 g/mol.